The highest BCUT2D eigenvalue weighted by Gasteiger charge is 2.26. The van der Waals surface area contributed by atoms with Gasteiger partial charge in [-0.2, -0.15) is 0 Å². The lowest BCUT2D eigenvalue weighted by atomic mass is 9.97. The summed E-state index contributed by atoms with van der Waals surface area (Å²) >= 11 is 0. The van der Waals surface area contributed by atoms with Gasteiger partial charge < -0.3 is 25.2 Å². The molecule has 0 aromatic carbocycles. The van der Waals surface area contributed by atoms with Crippen molar-refractivity contribution in [2.24, 2.45) is 5.92 Å². The lowest BCUT2D eigenvalue weighted by Crippen LogP contribution is -2.46. The molecule has 3 N–H and O–H groups in total. The standard InChI is InChI=1S/C13H24N2O5/c1-20-9-11(4-7-16)14-8-12(17)15-5-2-10(3-6-15)13(18)19/h10-11,14,16H,2-9H2,1H3,(H,18,19). The maximum atomic E-state index is 12.0. The molecule has 0 spiro atoms. The summed E-state index contributed by atoms with van der Waals surface area (Å²) in [5.41, 5.74) is 0. The Bertz CT molecular complexity index is 310. The molecular formula is C13H24N2O5. The fourth-order valence-corrected chi connectivity index (χ4v) is 2.32. The van der Waals surface area contributed by atoms with Crippen molar-refractivity contribution < 1.29 is 24.5 Å². The SMILES string of the molecule is COCC(CCO)NCC(=O)N1CCC(C(=O)O)CC1. The molecule has 1 amide bonds. The summed E-state index contributed by atoms with van der Waals surface area (Å²) in [7, 11) is 1.57. The number of rotatable bonds is 8. The van der Waals surface area contributed by atoms with Crippen molar-refractivity contribution in [2.45, 2.75) is 25.3 Å². The number of hydrogen-bond acceptors (Lipinski definition) is 5. The number of carboxylic acid groups (broad SMARTS) is 1. The first-order valence-electron chi connectivity index (χ1n) is 6.92. The molecule has 0 bridgehead atoms. The molecule has 1 unspecified atom stereocenters. The van der Waals surface area contributed by atoms with Gasteiger partial charge in [0.05, 0.1) is 19.1 Å². The monoisotopic (exact) mass is 288 g/mol. The molecule has 1 atom stereocenters. The summed E-state index contributed by atoms with van der Waals surface area (Å²) in [4.78, 5) is 24.5. The van der Waals surface area contributed by atoms with Crippen LogP contribution in [0.2, 0.25) is 0 Å². The van der Waals surface area contributed by atoms with Crippen molar-refractivity contribution >= 4 is 11.9 Å². The van der Waals surface area contributed by atoms with E-state index in [4.69, 9.17) is 14.9 Å². The minimum absolute atomic E-state index is 0.0344. The molecule has 1 fully saturated rings. The molecule has 7 heteroatoms. The zero-order chi connectivity index (χ0) is 15.0. The Morgan fingerprint density at radius 1 is 1.40 bits per heavy atom. The van der Waals surface area contributed by atoms with Crippen LogP contribution in [-0.4, -0.2) is 73.0 Å². The summed E-state index contributed by atoms with van der Waals surface area (Å²) in [6.45, 7) is 1.65. The van der Waals surface area contributed by atoms with Gasteiger partial charge in [-0.15, -0.1) is 0 Å². The summed E-state index contributed by atoms with van der Waals surface area (Å²) < 4.78 is 5.01. The van der Waals surface area contributed by atoms with E-state index in [1.807, 2.05) is 0 Å². The average molecular weight is 288 g/mol. The summed E-state index contributed by atoms with van der Waals surface area (Å²) in [6, 6.07) is -0.0505. The number of aliphatic hydroxyl groups is 1. The van der Waals surface area contributed by atoms with Crippen molar-refractivity contribution in [3.8, 4) is 0 Å². The van der Waals surface area contributed by atoms with Crippen LogP contribution in [0.1, 0.15) is 19.3 Å². The Morgan fingerprint density at radius 2 is 2.05 bits per heavy atom. The first-order chi connectivity index (χ1) is 9.58. The quantitative estimate of drug-likeness (QED) is 0.546. The normalized spacial score (nSPS) is 18.0. The zero-order valence-electron chi connectivity index (χ0n) is 11.9. The van der Waals surface area contributed by atoms with Crippen LogP contribution in [0.3, 0.4) is 0 Å². The van der Waals surface area contributed by atoms with Gasteiger partial charge in [0.15, 0.2) is 0 Å². The van der Waals surface area contributed by atoms with Crippen molar-refractivity contribution in [3.63, 3.8) is 0 Å². The highest BCUT2D eigenvalue weighted by atomic mass is 16.5. The Kier molecular flexibility index (Phi) is 7.50. The van der Waals surface area contributed by atoms with E-state index in [0.29, 0.717) is 39.0 Å². The number of hydrogen-bond donors (Lipinski definition) is 3. The number of aliphatic hydroxyl groups excluding tert-OH is 1. The van der Waals surface area contributed by atoms with E-state index in [2.05, 4.69) is 5.32 Å². The average Bonchev–Trinajstić information content (AvgIpc) is 2.45. The lowest BCUT2D eigenvalue weighted by molar-refractivity contribution is -0.145. The largest absolute Gasteiger partial charge is 0.481 e. The third-order valence-corrected chi connectivity index (χ3v) is 3.58. The first kappa shape index (κ1) is 16.9. The molecule has 1 aliphatic heterocycles. The molecule has 1 aliphatic rings. The van der Waals surface area contributed by atoms with Crippen LogP contribution in [0.4, 0.5) is 0 Å². The van der Waals surface area contributed by atoms with E-state index in [-0.39, 0.29) is 31.0 Å². The van der Waals surface area contributed by atoms with E-state index in [1.165, 1.54) is 0 Å². The number of ether oxygens (including phenoxy) is 1. The fraction of sp³-hybridized carbons (Fsp3) is 0.846. The number of aliphatic carboxylic acids is 1. The number of carboxylic acids is 1. The molecule has 0 aromatic rings. The molecule has 0 saturated carbocycles. The number of amides is 1. The predicted molar refractivity (Wildman–Crippen MR) is 72.3 cm³/mol. The van der Waals surface area contributed by atoms with Crippen molar-refractivity contribution in [3.05, 3.63) is 0 Å². The van der Waals surface area contributed by atoms with Crippen LogP contribution in [0.25, 0.3) is 0 Å². The zero-order valence-corrected chi connectivity index (χ0v) is 11.9. The van der Waals surface area contributed by atoms with Crippen LogP contribution < -0.4 is 5.32 Å². The molecule has 1 rings (SSSR count). The molecule has 0 aliphatic carbocycles. The number of nitrogens with zero attached hydrogens (tertiary/aromatic N) is 1. The molecule has 7 nitrogen and oxygen atoms in total. The van der Waals surface area contributed by atoms with Gasteiger partial charge in [-0.05, 0) is 19.3 Å². The highest BCUT2D eigenvalue weighted by molar-refractivity contribution is 5.79. The summed E-state index contributed by atoms with van der Waals surface area (Å²) in [5.74, 6) is -1.14. The molecule has 20 heavy (non-hydrogen) atoms. The number of nitrogens with one attached hydrogen (secondary N) is 1. The van der Waals surface area contributed by atoms with E-state index in [9.17, 15) is 9.59 Å². The minimum Gasteiger partial charge on any atom is -0.481 e. The Morgan fingerprint density at radius 3 is 2.55 bits per heavy atom. The van der Waals surface area contributed by atoms with Gasteiger partial charge in [-0.1, -0.05) is 0 Å². The van der Waals surface area contributed by atoms with Gasteiger partial charge in [0, 0.05) is 32.8 Å². The summed E-state index contributed by atoms with van der Waals surface area (Å²) in [6.07, 6.45) is 1.56. The van der Waals surface area contributed by atoms with Gasteiger partial charge in [0.2, 0.25) is 5.91 Å². The van der Waals surface area contributed by atoms with Gasteiger partial charge >= 0.3 is 5.97 Å². The van der Waals surface area contributed by atoms with Crippen molar-refractivity contribution in [2.75, 3.05) is 40.0 Å². The summed E-state index contributed by atoms with van der Waals surface area (Å²) in [5, 5.41) is 20.9. The van der Waals surface area contributed by atoms with Crippen LogP contribution in [-0.2, 0) is 14.3 Å². The smallest absolute Gasteiger partial charge is 0.306 e. The molecule has 0 aromatic heterocycles. The van der Waals surface area contributed by atoms with Gasteiger partial charge in [0.1, 0.15) is 0 Å². The van der Waals surface area contributed by atoms with E-state index in [1.54, 1.807) is 12.0 Å². The number of piperidine rings is 1. The van der Waals surface area contributed by atoms with Crippen LogP contribution in [0.15, 0.2) is 0 Å². The predicted octanol–water partition coefficient (Wildman–Crippen LogP) is -0.703. The molecular weight excluding hydrogens is 264 g/mol. The van der Waals surface area contributed by atoms with E-state index >= 15 is 0 Å². The van der Waals surface area contributed by atoms with Crippen LogP contribution in [0.5, 0.6) is 0 Å². The third kappa shape index (κ3) is 5.44. The Balaban J connectivity index is 2.30. The fourth-order valence-electron chi connectivity index (χ4n) is 2.32. The van der Waals surface area contributed by atoms with Crippen LogP contribution >= 0.6 is 0 Å². The molecule has 1 heterocycles. The maximum absolute atomic E-state index is 12.0. The topological polar surface area (TPSA) is 99.1 Å². The number of carbonyl (C=O) groups is 2. The lowest BCUT2D eigenvalue weighted by Gasteiger charge is -2.30. The van der Waals surface area contributed by atoms with Gasteiger partial charge in [-0.3, -0.25) is 9.59 Å². The molecule has 0 radical (unpaired) electrons. The van der Waals surface area contributed by atoms with Gasteiger partial charge in [0.25, 0.3) is 0 Å². The van der Waals surface area contributed by atoms with Crippen LogP contribution in [0, 0.1) is 5.92 Å². The minimum atomic E-state index is -0.779. The van der Waals surface area contributed by atoms with E-state index < -0.39 is 5.97 Å². The van der Waals surface area contributed by atoms with Gasteiger partial charge in [-0.25, -0.2) is 0 Å². The second-order valence-corrected chi connectivity index (χ2v) is 5.04. The first-order valence-corrected chi connectivity index (χ1v) is 6.92. The Labute approximate surface area is 118 Å². The highest BCUT2D eigenvalue weighted by Crippen LogP contribution is 2.17. The number of methoxy groups -OCH3 is 1. The third-order valence-electron chi connectivity index (χ3n) is 3.58. The molecule has 1 saturated heterocycles. The molecule has 116 valence electrons. The van der Waals surface area contributed by atoms with Crippen molar-refractivity contribution in [1.82, 2.24) is 10.2 Å². The number of likely N-dealkylation sites (tertiary alicyclic amines) is 1. The Hall–Kier alpha value is -1.18. The second kappa shape index (κ2) is 8.89. The van der Waals surface area contributed by atoms with Crippen molar-refractivity contribution in [1.29, 1.82) is 0 Å². The number of carbonyl (C=O) groups excluding carboxylic acids is 1. The van der Waals surface area contributed by atoms with E-state index in [0.717, 1.165) is 0 Å². The second-order valence-electron chi connectivity index (χ2n) is 5.04. The maximum Gasteiger partial charge on any atom is 0.306 e.